The second kappa shape index (κ2) is 7.38. The van der Waals surface area contributed by atoms with Gasteiger partial charge < -0.3 is 5.32 Å². The first kappa shape index (κ1) is 15.7. The fourth-order valence-corrected chi connectivity index (χ4v) is 5.25. The Morgan fingerprint density at radius 2 is 2.23 bits per heavy atom. The number of aryl methyl sites for hydroxylation is 1. The van der Waals surface area contributed by atoms with Crippen LogP contribution in [0.25, 0.3) is 10.2 Å². The topological polar surface area (TPSA) is 24.9 Å². The molecule has 0 aromatic carbocycles. The zero-order valence-electron chi connectivity index (χ0n) is 12.5. The van der Waals surface area contributed by atoms with Crippen LogP contribution in [0, 0.1) is 12.3 Å². The Morgan fingerprint density at radius 3 is 2.95 bits per heavy atom. The van der Waals surface area contributed by atoms with Gasteiger partial charge in [0.05, 0.1) is 15.1 Å². The fraction of sp³-hybridized carbons (Fsp3) is 0.353. The van der Waals surface area contributed by atoms with E-state index < -0.39 is 0 Å². The third-order valence-corrected chi connectivity index (χ3v) is 6.67. The first-order valence-electron chi connectivity index (χ1n) is 7.43. The van der Waals surface area contributed by atoms with Crippen molar-refractivity contribution >= 4 is 44.4 Å². The molecule has 0 radical (unpaired) electrons. The largest absolute Gasteiger partial charge is 0.307 e. The highest BCUT2D eigenvalue weighted by atomic mass is 32.1. The second-order valence-electron chi connectivity index (χ2n) is 5.11. The number of nitrogens with one attached hydrogen (secondary N) is 1. The highest BCUT2D eigenvalue weighted by molar-refractivity contribution is 7.22. The molecule has 114 valence electrons. The van der Waals surface area contributed by atoms with Crippen LogP contribution in [0.5, 0.6) is 0 Å². The zero-order valence-corrected chi connectivity index (χ0v) is 15.0. The monoisotopic (exact) mass is 346 g/mol. The average molecular weight is 347 g/mol. The summed E-state index contributed by atoms with van der Waals surface area (Å²) in [4.78, 5) is 3.99. The molecule has 0 unspecified atom stereocenters. The van der Waals surface area contributed by atoms with Gasteiger partial charge in [-0.1, -0.05) is 25.3 Å². The molecule has 0 aliphatic rings. The average Bonchev–Trinajstić information content (AvgIpc) is 3.22. The minimum atomic E-state index is 0.858. The Balaban J connectivity index is 1.76. The van der Waals surface area contributed by atoms with E-state index in [2.05, 4.69) is 40.0 Å². The van der Waals surface area contributed by atoms with Gasteiger partial charge in [-0.05, 0) is 35.8 Å². The third-order valence-electron chi connectivity index (χ3n) is 3.52. The van der Waals surface area contributed by atoms with Crippen molar-refractivity contribution in [1.82, 2.24) is 9.69 Å². The highest BCUT2D eigenvalue weighted by Gasteiger charge is 2.16. The van der Waals surface area contributed by atoms with Gasteiger partial charge in [-0.25, -0.2) is 0 Å². The van der Waals surface area contributed by atoms with Crippen molar-refractivity contribution in [2.24, 2.45) is 0 Å². The molecule has 3 heterocycles. The van der Waals surface area contributed by atoms with Crippen LogP contribution in [0.15, 0.2) is 17.5 Å². The number of unbranched alkanes of at least 4 members (excludes halogenated alkanes) is 1. The summed E-state index contributed by atoms with van der Waals surface area (Å²) in [7, 11) is 0. The first-order valence-corrected chi connectivity index (χ1v) is 9.90. The highest BCUT2D eigenvalue weighted by Crippen LogP contribution is 2.35. The van der Waals surface area contributed by atoms with E-state index >= 15 is 0 Å². The van der Waals surface area contributed by atoms with Crippen LogP contribution in [-0.2, 0) is 19.5 Å². The molecule has 22 heavy (non-hydrogen) atoms. The Hall–Kier alpha value is -1.19. The molecular weight excluding hydrogens is 328 g/mol. The molecule has 0 fully saturated rings. The summed E-state index contributed by atoms with van der Waals surface area (Å²) in [5, 5.41) is 5.62. The van der Waals surface area contributed by atoms with Gasteiger partial charge in [0.15, 0.2) is 0 Å². The Bertz CT molecular complexity index is 775. The lowest BCUT2D eigenvalue weighted by atomic mass is 10.1. The van der Waals surface area contributed by atoms with Crippen LogP contribution in [-0.4, -0.2) is 4.37 Å². The van der Waals surface area contributed by atoms with Gasteiger partial charge in [-0.2, -0.15) is 4.37 Å². The summed E-state index contributed by atoms with van der Waals surface area (Å²) in [5.74, 6) is 2.86. The number of fused-ring (bicyclic) bond motifs is 1. The van der Waals surface area contributed by atoms with E-state index in [0.717, 1.165) is 30.6 Å². The number of aromatic nitrogens is 1. The number of hydrogen-bond acceptors (Lipinski definition) is 5. The number of terminal acetylenes is 1. The number of rotatable bonds is 7. The SMILES string of the molecule is C#Cc1c(CCCC)sc2c(CNCc3cccs3)snc12. The van der Waals surface area contributed by atoms with Gasteiger partial charge in [0, 0.05) is 22.8 Å². The summed E-state index contributed by atoms with van der Waals surface area (Å²) in [6, 6.07) is 4.25. The van der Waals surface area contributed by atoms with E-state index in [0.29, 0.717) is 0 Å². The minimum absolute atomic E-state index is 0.858. The Labute approximate surface area is 143 Å². The number of hydrogen-bond donors (Lipinski definition) is 1. The van der Waals surface area contributed by atoms with Gasteiger partial charge >= 0.3 is 0 Å². The van der Waals surface area contributed by atoms with Gasteiger partial charge in [-0.15, -0.1) is 29.1 Å². The summed E-state index contributed by atoms with van der Waals surface area (Å²) >= 11 is 5.20. The molecule has 0 spiro atoms. The molecule has 0 amide bonds. The second-order valence-corrected chi connectivity index (χ2v) is 8.11. The van der Waals surface area contributed by atoms with Crippen molar-refractivity contribution in [3.05, 3.63) is 37.7 Å². The number of nitrogens with zero attached hydrogens (tertiary/aromatic N) is 1. The fourth-order valence-electron chi connectivity index (χ4n) is 2.37. The van der Waals surface area contributed by atoms with Gasteiger partial charge in [0.25, 0.3) is 0 Å². The van der Waals surface area contributed by atoms with E-state index in [1.54, 1.807) is 22.9 Å². The molecular formula is C17H18N2S3. The van der Waals surface area contributed by atoms with Crippen LogP contribution in [0.3, 0.4) is 0 Å². The third kappa shape index (κ3) is 3.26. The maximum atomic E-state index is 5.71. The molecule has 0 aliphatic heterocycles. The lowest BCUT2D eigenvalue weighted by Crippen LogP contribution is -2.10. The molecule has 3 rings (SSSR count). The summed E-state index contributed by atoms with van der Waals surface area (Å²) in [6.45, 7) is 3.98. The molecule has 5 heteroatoms. The smallest absolute Gasteiger partial charge is 0.111 e. The van der Waals surface area contributed by atoms with Crippen LogP contribution in [0.2, 0.25) is 0 Å². The molecule has 0 saturated carbocycles. The summed E-state index contributed by atoms with van der Waals surface area (Å²) < 4.78 is 5.89. The molecule has 2 nitrogen and oxygen atoms in total. The summed E-state index contributed by atoms with van der Waals surface area (Å²) in [6.07, 6.45) is 9.17. The van der Waals surface area contributed by atoms with E-state index in [-0.39, 0.29) is 0 Å². The quantitative estimate of drug-likeness (QED) is 0.607. The molecule has 1 N–H and O–H groups in total. The maximum Gasteiger partial charge on any atom is 0.111 e. The van der Waals surface area contributed by atoms with Crippen molar-refractivity contribution in [3.63, 3.8) is 0 Å². The lowest BCUT2D eigenvalue weighted by Gasteiger charge is -2.00. The Morgan fingerprint density at radius 1 is 1.32 bits per heavy atom. The van der Waals surface area contributed by atoms with Crippen molar-refractivity contribution in [2.75, 3.05) is 0 Å². The first-order chi connectivity index (χ1) is 10.8. The molecule has 3 aromatic rings. The van der Waals surface area contributed by atoms with Crippen LogP contribution in [0.4, 0.5) is 0 Å². The van der Waals surface area contributed by atoms with Crippen molar-refractivity contribution < 1.29 is 0 Å². The molecule has 0 aliphatic carbocycles. The predicted octanol–water partition coefficient (Wildman–Crippen LogP) is 5.03. The molecule has 0 saturated heterocycles. The van der Waals surface area contributed by atoms with E-state index in [1.807, 2.05) is 11.3 Å². The van der Waals surface area contributed by atoms with Gasteiger partial charge in [0.1, 0.15) is 5.52 Å². The Kier molecular flexibility index (Phi) is 5.27. The lowest BCUT2D eigenvalue weighted by molar-refractivity contribution is 0.712. The van der Waals surface area contributed by atoms with Crippen LogP contribution in [0.1, 0.15) is 40.0 Å². The van der Waals surface area contributed by atoms with Gasteiger partial charge in [-0.3, -0.25) is 0 Å². The van der Waals surface area contributed by atoms with Crippen LogP contribution < -0.4 is 5.32 Å². The summed E-state index contributed by atoms with van der Waals surface area (Å²) in [5.41, 5.74) is 2.06. The normalized spacial score (nSPS) is 11.1. The standard InChI is InChI=1S/C17H18N2S3/c1-3-5-8-14-13(4-2)16-17(21-14)15(22-19-16)11-18-10-12-7-6-9-20-12/h2,6-7,9,18H,3,5,8,10-11H2,1H3. The molecule has 3 aromatic heterocycles. The van der Waals surface area contributed by atoms with E-state index in [9.17, 15) is 0 Å². The van der Waals surface area contributed by atoms with Gasteiger partial charge in [0.2, 0.25) is 0 Å². The zero-order chi connectivity index (χ0) is 15.4. The van der Waals surface area contributed by atoms with E-state index in [4.69, 9.17) is 6.42 Å². The van der Waals surface area contributed by atoms with Crippen molar-refractivity contribution in [3.8, 4) is 12.3 Å². The molecule has 0 bridgehead atoms. The maximum absolute atomic E-state index is 5.71. The number of thiophene rings is 2. The van der Waals surface area contributed by atoms with Crippen LogP contribution >= 0.6 is 34.2 Å². The minimum Gasteiger partial charge on any atom is -0.307 e. The molecule has 0 atom stereocenters. The van der Waals surface area contributed by atoms with Crippen molar-refractivity contribution in [2.45, 2.75) is 39.3 Å². The van der Waals surface area contributed by atoms with E-state index in [1.165, 1.54) is 32.2 Å². The van der Waals surface area contributed by atoms with Crippen molar-refractivity contribution in [1.29, 1.82) is 0 Å². The predicted molar refractivity (Wildman–Crippen MR) is 98.9 cm³/mol.